The van der Waals surface area contributed by atoms with E-state index in [1.165, 1.54) is 0 Å². The summed E-state index contributed by atoms with van der Waals surface area (Å²) in [5.41, 5.74) is 5.38. The van der Waals surface area contributed by atoms with Gasteiger partial charge in [0.05, 0.1) is 11.4 Å². The van der Waals surface area contributed by atoms with E-state index in [1.807, 2.05) is 4.90 Å². The number of hydrogen-bond acceptors (Lipinski definition) is 4. The van der Waals surface area contributed by atoms with Crippen LogP contribution in [0, 0.1) is 5.92 Å². The molecule has 22 heavy (non-hydrogen) atoms. The van der Waals surface area contributed by atoms with Crippen LogP contribution in [0.5, 0.6) is 0 Å². The molecule has 0 N–H and O–H groups in total. The molecule has 0 saturated carbocycles. The van der Waals surface area contributed by atoms with Gasteiger partial charge in [-0.05, 0) is 12.3 Å². The molecule has 6 heteroatoms. The highest BCUT2D eigenvalue weighted by atomic mass is 16.5. The quantitative estimate of drug-likeness (QED) is 0.808. The lowest BCUT2D eigenvalue weighted by atomic mass is 9.97. The first-order chi connectivity index (χ1) is 10.7. The molecule has 0 aromatic carbocycles. The van der Waals surface area contributed by atoms with Gasteiger partial charge in [0.15, 0.2) is 0 Å². The van der Waals surface area contributed by atoms with Gasteiger partial charge < -0.3 is 9.42 Å². The lowest BCUT2D eigenvalue weighted by Crippen LogP contribution is -2.34. The van der Waals surface area contributed by atoms with Crippen molar-refractivity contribution in [2.24, 2.45) is 5.92 Å². The average molecular weight is 300 g/mol. The highest BCUT2D eigenvalue weighted by molar-refractivity contribution is 5.74. The maximum absolute atomic E-state index is 11.7. The van der Waals surface area contributed by atoms with E-state index in [2.05, 4.69) is 16.8 Å². The van der Waals surface area contributed by atoms with Crippen LogP contribution in [0.3, 0.4) is 0 Å². The Morgan fingerprint density at radius 2 is 2.36 bits per heavy atom. The van der Waals surface area contributed by atoms with E-state index in [4.69, 9.17) is 9.62 Å². The third-order valence-corrected chi connectivity index (χ3v) is 4.93. The van der Waals surface area contributed by atoms with Crippen molar-refractivity contribution in [3.05, 3.63) is 23.1 Å². The van der Waals surface area contributed by atoms with Crippen LogP contribution in [-0.2, 0) is 30.7 Å². The van der Waals surface area contributed by atoms with Crippen LogP contribution in [0.25, 0.3) is 11.4 Å². The van der Waals surface area contributed by atoms with Crippen molar-refractivity contribution in [1.82, 2.24) is 19.8 Å². The van der Waals surface area contributed by atoms with Gasteiger partial charge >= 0.3 is 0 Å². The number of nitrogens with zero attached hydrogens (tertiary/aromatic N) is 4. The predicted octanol–water partition coefficient (Wildman–Crippen LogP) is 2.02. The molecule has 2 aliphatic heterocycles. The molecule has 2 aliphatic rings. The molecule has 1 unspecified atom stereocenters. The molecule has 0 aliphatic carbocycles. The summed E-state index contributed by atoms with van der Waals surface area (Å²) in [6.45, 7) is 6.13. The largest absolute Gasteiger partial charge is 0.364 e. The summed E-state index contributed by atoms with van der Waals surface area (Å²) in [7, 11) is 0. The zero-order chi connectivity index (χ0) is 15.3. The van der Waals surface area contributed by atoms with Crippen molar-refractivity contribution in [3.8, 4) is 11.4 Å². The van der Waals surface area contributed by atoms with Gasteiger partial charge in [-0.1, -0.05) is 18.5 Å². The van der Waals surface area contributed by atoms with Crippen LogP contribution in [0.1, 0.15) is 37.1 Å². The topological polar surface area (TPSA) is 64.2 Å². The van der Waals surface area contributed by atoms with Crippen molar-refractivity contribution in [2.45, 2.75) is 46.2 Å². The van der Waals surface area contributed by atoms with Gasteiger partial charge in [-0.2, -0.15) is 5.10 Å². The van der Waals surface area contributed by atoms with Gasteiger partial charge in [-0.3, -0.25) is 9.48 Å². The van der Waals surface area contributed by atoms with Crippen molar-refractivity contribution in [3.63, 3.8) is 0 Å². The van der Waals surface area contributed by atoms with E-state index in [0.717, 1.165) is 60.6 Å². The highest BCUT2D eigenvalue weighted by Gasteiger charge is 2.32. The van der Waals surface area contributed by atoms with Gasteiger partial charge in [-0.15, -0.1) is 0 Å². The molecule has 0 bridgehead atoms. The molecule has 4 rings (SSSR count). The number of aromatic nitrogens is 3. The van der Waals surface area contributed by atoms with Crippen LogP contribution in [0.15, 0.2) is 10.8 Å². The number of carbonyl (C=O) groups excluding carboxylic acids is 1. The van der Waals surface area contributed by atoms with Crippen molar-refractivity contribution in [1.29, 1.82) is 0 Å². The van der Waals surface area contributed by atoms with E-state index in [9.17, 15) is 4.79 Å². The Morgan fingerprint density at radius 1 is 1.50 bits per heavy atom. The van der Waals surface area contributed by atoms with Crippen molar-refractivity contribution in [2.75, 3.05) is 6.54 Å². The molecule has 2 aromatic heterocycles. The van der Waals surface area contributed by atoms with Crippen LogP contribution < -0.4 is 0 Å². The highest BCUT2D eigenvalue weighted by Crippen LogP contribution is 2.36. The van der Waals surface area contributed by atoms with E-state index in [-0.39, 0.29) is 5.91 Å². The fourth-order valence-electron chi connectivity index (χ4n) is 3.58. The van der Waals surface area contributed by atoms with Gasteiger partial charge in [0.1, 0.15) is 12.0 Å². The number of carbonyl (C=O) groups is 1. The maximum Gasteiger partial charge on any atom is 0.219 e. The van der Waals surface area contributed by atoms with Gasteiger partial charge in [0, 0.05) is 44.1 Å². The molecule has 116 valence electrons. The third-order valence-electron chi connectivity index (χ3n) is 4.93. The number of hydrogen-bond donors (Lipinski definition) is 0. The van der Waals surface area contributed by atoms with Crippen molar-refractivity contribution >= 4 is 5.91 Å². The molecule has 2 aromatic rings. The van der Waals surface area contributed by atoms with E-state index >= 15 is 0 Å². The second-order valence-electron chi connectivity index (χ2n) is 6.31. The summed E-state index contributed by atoms with van der Waals surface area (Å²) in [5.74, 6) is 0.663. The molecular weight excluding hydrogens is 280 g/mol. The van der Waals surface area contributed by atoms with Crippen molar-refractivity contribution < 1.29 is 9.32 Å². The Morgan fingerprint density at radius 3 is 3.14 bits per heavy atom. The summed E-state index contributed by atoms with van der Waals surface area (Å²) in [6.07, 6.45) is 4.66. The van der Waals surface area contributed by atoms with E-state index in [1.54, 1.807) is 13.2 Å². The second kappa shape index (κ2) is 4.97. The molecule has 0 fully saturated rings. The van der Waals surface area contributed by atoms with Gasteiger partial charge in [0.2, 0.25) is 5.91 Å². The summed E-state index contributed by atoms with van der Waals surface area (Å²) < 4.78 is 7.33. The number of rotatable bonds is 1. The maximum atomic E-state index is 11.7. The first kappa shape index (κ1) is 13.5. The fraction of sp³-hybridized carbons (Fsp3) is 0.562. The summed E-state index contributed by atoms with van der Waals surface area (Å²) in [4.78, 5) is 13.6. The molecule has 0 saturated heterocycles. The Balaban J connectivity index is 1.85. The van der Waals surface area contributed by atoms with Gasteiger partial charge in [-0.25, -0.2) is 0 Å². The standard InChI is InChI=1S/C16H20N4O2/c1-3-11-6-12-9-22-18-15(12)16-13-8-19(10(2)21)5-4-14(13)17-20(16)7-11/h9,11H,3-8H2,1-2H3. The van der Waals surface area contributed by atoms with Crippen LogP contribution in [-0.4, -0.2) is 32.3 Å². The van der Waals surface area contributed by atoms with Crippen LogP contribution in [0.4, 0.5) is 0 Å². The lowest BCUT2D eigenvalue weighted by Gasteiger charge is -2.25. The zero-order valence-electron chi connectivity index (χ0n) is 13.0. The first-order valence-corrected chi connectivity index (χ1v) is 7.95. The summed E-state index contributed by atoms with van der Waals surface area (Å²) >= 11 is 0. The fourth-order valence-corrected chi connectivity index (χ4v) is 3.58. The zero-order valence-corrected chi connectivity index (χ0v) is 13.0. The second-order valence-corrected chi connectivity index (χ2v) is 6.31. The molecule has 6 nitrogen and oxygen atoms in total. The molecule has 0 radical (unpaired) electrons. The van der Waals surface area contributed by atoms with Gasteiger partial charge in [0.25, 0.3) is 0 Å². The minimum absolute atomic E-state index is 0.117. The molecular formula is C16H20N4O2. The average Bonchev–Trinajstić information content (AvgIpc) is 3.06. The Kier molecular flexibility index (Phi) is 3.06. The summed E-state index contributed by atoms with van der Waals surface area (Å²) in [6, 6.07) is 0. The van der Waals surface area contributed by atoms with E-state index in [0.29, 0.717) is 12.5 Å². The number of fused-ring (bicyclic) bond motifs is 5. The lowest BCUT2D eigenvalue weighted by molar-refractivity contribution is -0.129. The normalized spacial score (nSPS) is 20.1. The predicted molar refractivity (Wildman–Crippen MR) is 80.0 cm³/mol. The molecule has 1 amide bonds. The minimum atomic E-state index is 0.117. The van der Waals surface area contributed by atoms with E-state index < -0.39 is 0 Å². The molecule has 0 spiro atoms. The monoisotopic (exact) mass is 300 g/mol. The Labute approximate surface area is 129 Å². The van der Waals surface area contributed by atoms with Crippen LogP contribution in [0.2, 0.25) is 0 Å². The Hall–Kier alpha value is -2.11. The third kappa shape index (κ3) is 1.97. The molecule has 1 atom stereocenters. The Bertz CT molecular complexity index is 731. The van der Waals surface area contributed by atoms with Crippen LogP contribution >= 0.6 is 0 Å². The first-order valence-electron chi connectivity index (χ1n) is 7.95. The number of amides is 1. The smallest absolute Gasteiger partial charge is 0.219 e. The summed E-state index contributed by atoms with van der Waals surface area (Å²) in [5, 5.41) is 9.06. The molecule has 4 heterocycles. The SMILES string of the molecule is CCC1Cc2conc2-c2c3c(nn2C1)CCN(C(C)=O)C3. The minimum Gasteiger partial charge on any atom is -0.364 e.